The van der Waals surface area contributed by atoms with E-state index < -0.39 is 6.09 Å². The van der Waals surface area contributed by atoms with Gasteiger partial charge >= 0.3 is 6.09 Å². The molecule has 1 amide bonds. The van der Waals surface area contributed by atoms with Crippen molar-refractivity contribution in [2.75, 3.05) is 12.4 Å². The zero-order valence-corrected chi connectivity index (χ0v) is 10.3. The summed E-state index contributed by atoms with van der Waals surface area (Å²) in [4.78, 5) is 15.3. The molecule has 92 valence electrons. The molecule has 0 aliphatic rings. The van der Waals surface area contributed by atoms with Gasteiger partial charge in [-0.1, -0.05) is 18.2 Å². The molecule has 0 bridgehead atoms. The van der Waals surface area contributed by atoms with Crippen molar-refractivity contribution in [3.8, 4) is 11.1 Å². The second-order valence-electron chi connectivity index (χ2n) is 3.83. The quantitative estimate of drug-likeness (QED) is 0.879. The van der Waals surface area contributed by atoms with Crippen LogP contribution in [0.1, 0.15) is 5.69 Å². The Kier molecular flexibility index (Phi) is 3.57. The fourth-order valence-corrected chi connectivity index (χ4v) is 1.69. The molecule has 1 N–H and O–H groups in total. The molecule has 0 saturated heterocycles. The molecule has 1 aromatic carbocycles. The van der Waals surface area contributed by atoms with Crippen molar-refractivity contribution in [3.63, 3.8) is 0 Å². The zero-order chi connectivity index (χ0) is 13.0. The van der Waals surface area contributed by atoms with Gasteiger partial charge in [0.25, 0.3) is 0 Å². The number of methoxy groups -OCH3 is 1. The predicted molar refractivity (Wildman–Crippen MR) is 70.4 cm³/mol. The fourth-order valence-electron chi connectivity index (χ4n) is 1.69. The number of nitrogens with zero attached hydrogens (tertiary/aromatic N) is 1. The monoisotopic (exact) mass is 242 g/mol. The summed E-state index contributed by atoms with van der Waals surface area (Å²) >= 11 is 0. The smallest absolute Gasteiger partial charge is 0.411 e. The van der Waals surface area contributed by atoms with Crippen LogP contribution >= 0.6 is 0 Å². The first-order chi connectivity index (χ1) is 8.70. The third-order valence-electron chi connectivity index (χ3n) is 2.63. The molecule has 0 saturated carbocycles. The number of carbonyl (C=O) groups is 1. The average molecular weight is 242 g/mol. The first kappa shape index (κ1) is 12.1. The standard InChI is InChI=1S/C14H14N2O2/c1-10-13(4-3-9-15-10)11-5-7-12(8-6-11)16-14(17)18-2/h3-9H,1-2H3,(H,16,17). The lowest BCUT2D eigenvalue weighted by Gasteiger charge is -2.07. The van der Waals surface area contributed by atoms with Crippen LogP contribution in [0, 0.1) is 6.92 Å². The summed E-state index contributed by atoms with van der Waals surface area (Å²) in [6.45, 7) is 1.97. The number of nitrogens with one attached hydrogen (secondary N) is 1. The maximum Gasteiger partial charge on any atom is 0.411 e. The van der Waals surface area contributed by atoms with Gasteiger partial charge in [-0.2, -0.15) is 0 Å². The molecule has 0 fully saturated rings. The molecular weight excluding hydrogens is 228 g/mol. The van der Waals surface area contributed by atoms with Gasteiger partial charge in [0.1, 0.15) is 0 Å². The van der Waals surface area contributed by atoms with E-state index in [4.69, 9.17) is 0 Å². The minimum Gasteiger partial charge on any atom is -0.453 e. The summed E-state index contributed by atoms with van der Waals surface area (Å²) in [7, 11) is 1.34. The van der Waals surface area contributed by atoms with E-state index in [9.17, 15) is 4.79 Å². The number of benzene rings is 1. The molecular formula is C14H14N2O2. The van der Waals surface area contributed by atoms with Gasteiger partial charge < -0.3 is 4.74 Å². The SMILES string of the molecule is COC(=O)Nc1ccc(-c2cccnc2C)cc1. The van der Waals surface area contributed by atoms with Crippen LogP contribution in [0.5, 0.6) is 0 Å². The van der Waals surface area contributed by atoms with E-state index in [0.29, 0.717) is 5.69 Å². The van der Waals surface area contributed by atoms with Crippen LogP contribution in [0.25, 0.3) is 11.1 Å². The first-order valence-corrected chi connectivity index (χ1v) is 5.58. The van der Waals surface area contributed by atoms with Crippen molar-refractivity contribution in [2.24, 2.45) is 0 Å². The molecule has 0 radical (unpaired) electrons. The van der Waals surface area contributed by atoms with Crippen molar-refractivity contribution in [2.45, 2.75) is 6.92 Å². The van der Waals surface area contributed by atoms with Gasteiger partial charge in [-0.3, -0.25) is 10.3 Å². The molecule has 18 heavy (non-hydrogen) atoms. The number of ether oxygens (including phenoxy) is 1. The number of carbonyl (C=O) groups excluding carboxylic acids is 1. The maximum absolute atomic E-state index is 11.0. The van der Waals surface area contributed by atoms with Gasteiger partial charge in [-0.25, -0.2) is 4.79 Å². The van der Waals surface area contributed by atoms with Gasteiger partial charge in [0.15, 0.2) is 0 Å². The third kappa shape index (κ3) is 2.66. The Morgan fingerprint density at radius 1 is 1.22 bits per heavy atom. The number of amides is 1. The molecule has 2 aromatic rings. The van der Waals surface area contributed by atoms with Gasteiger partial charge in [0.2, 0.25) is 0 Å². The topological polar surface area (TPSA) is 51.2 Å². The van der Waals surface area contributed by atoms with Crippen molar-refractivity contribution in [1.29, 1.82) is 0 Å². The Hall–Kier alpha value is -2.36. The molecule has 2 rings (SSSR count). The van der Waals surface area contributed by atoms with E-state index in [1.165, 1.54) is 7.11 Å². The molecule has 0 unspecified atom stereocenters. The lowest BCUT2D eigenvalue weighted by Crippen LogP contribution is -2.10. The molecule has 0 atom stereocenters. The van der Waals surface area contributed by atoms with E-state index in [0.717, 1.165) is 16.8 Å². The maximum atomic E-state index is 11.0. The Labute approximate surface area is 106 Å². The summed E-state index contributed by atoms with van der Waals surface area (Å²) in [5, 5.41) is 2.61. The minimum absolute atomic E-state index is 0.472. The van der Waals surface area contributed by atoms with Crippen molar-refractivity contribution < 1.29 is 9.53 Å². The normalized spacial score (nSPS) is 9.89. The molecule has 1 heterocycles. The Bertz CT molecular complexity index is 550. The number of aryl methyl sites for hydroxylation is 1. The average Bonchev–Trinajstić information content (AvgIpc) is 2.40. The molecule has 4 nitrogen and oxygen atoms in total. The van der Waals surface area contributed by atoms with Gasteiger partial charge in [0, 0.05) is 23.1 Å². The third-order valence-corrected chi connectivity index (χ3v) is 2.63. The Morgan fingerprint density at radius 2 is 1.94 bits per heavy atom. The molecule has 4 heteroatoms. The first-order valence-electron chi connectivity index (χ1n) is 5.58. The largest absolute Gasteiger partial charge is 0.453 e. The Balaban J connectivity index is 2.23. The summed E-state index contributed by atoms with van der Waals surface area (Å²) in [6.07, 6.45) is 1.30. The van der Waals surface area contributed by atoms with Crippen LogP contribution in [0.4, 0.5) is 10.5 Å². The number of hydrogen-bond acceptors (Lipinski definition) is 3. The van der Waals surface area contributed by atoms with E-state index in [1.807, 2.05) is 43.3 Å². The highest BCUT2D eigenvalue weighted by molar-refractivity contribution is 5.85. The molecule has 0 spiro atoms. The summed E-state index contributed by atoms with van der Waals surface area (Å²) in [6, 6.07) is 11.5. The van der Waals surface area contributed by atoms with Crippen LogP contribution in [0.15, 0.2) is 42.6 Å². The summed E-state index contributed by atoms with van der Waals surface area (Å²) < 4.78 is 4.53. The van der Waals surface area contributed by atoms with Gasteiger partial charge in [-0.05, 0) is 30.7 Å². The summed E-state index contributed by atoms with van der Waals surface area (Å²) in [5.41, 5.74) is 3.83. The van der Waals surface area contributed by atoms with E-state index in [2.05, 4.69) is 15.0 Å². The van der Waals surface area contributed by atoms with Gasteiger partial charge in [0.05, 0.1) is 7.11 Å². The highest BCUT2D eigenvalue weighted by Crippen LogP contribution is 2.23. The number of anilines is 1. The highest BCUT2D eigenvalue weighted by Gasteiger charge is 2.03. The minimum atomic E-state index is -0.472. The lowest BCUT2D eigenvalue weighted by atomic mass is 10.0. The number of hydrogen-bond donors (Lipinski definition) is 1. The fraction of sp³-hybridized carbons (Fsp3) is 0.143. The molecule has 0 aliphatic carbocycles. The zero-order valence-electron chi connectivity index (χ0n) is 10.3. The lowest BCUT2D eigenvalue weighted by molar-refractivity contribution is 0.187. The number of rotatable bonds is 2. The van der Waals surface area contributed by atoms with Crippen molar-refractivity contribution in [3.05, 3.63) is 48.3 Å². The number of pyridine rings is 1. The van der Waals surface area contributed by atoms with Crippen molar-refractivity contribution in [1.82, 2.24) is 4.98 Å². The van der Waals surface area contributed by atoms with Gasteiger partial charge in [-0.15, -0.1) is 0 Å². The van der Waals surface area contributed by atoms with Crippen LogP contribution in [0.3, 0.4) is 0 Å². The number of aromatic nitrogens is 1. The summed E-state index contributed by atoms with van der Waals surface area (Å²) in [5.74, 6) is 0. The second-order valence-corrected chi connectivity index (χ2v) is 3.83. The van der Waals surface area contributed by atoms with Crippen LogP contribution in [-0.4, -0.2) is 18.2 Å². The molecule has 1 aromatic heterocycles. The predicted octanol–water partition coefficient (Wildman–Crippen LogP) is 3.24. The van der Waals surface area contributed by atoms with Crippen LogP contribution < -0.4 is 5.32 Å². The van der Waals surface area contributed by atoms with E-state index in [1.54, 1.807) is 6.20 Å². The highest BCUT2D eigenvalue weighted by atomic mass is 16.5. The second kappa shape index (κ2) is 5.31. The Morgan fingerprint density at radius 3 is 2.56 bits per heavy atom. The van der Waals surface area contributed by atoms with E-state index in [-0.39, 0.29) is 0 Å². The van der Waals surface area contributed by atoms with Crippen molar-refractivity contribution >= 4 is 11.8 Å². The van der Waals surface area contributed by atoms with Crippen LogP contribution in [0.2, 0.25) is 0 Å². The van der Waals surface area contributed by atoms with E-state index >= 15 is 0 Å². The molecule has 0 aliphatic heterocycles. The van der Waals surface area contributed by atoms with Crippen LogP contribution in [-0.2, 0) is 4.74 Å².